The second-order valence-electron chi connectivity index (χ2n) is 5.43. The van der Waals surface area contributed by atoms with Crippen LogP contribution < -0.4 is 0 Å². The Balaban J connectivity index is 0.000000763. The number of ether oxygens (including phenoxy) is 1. The lowest BCUT2D eigenvalue weighted by Crippen LogP contribution is -2.16. The highest BCUT2D eigenvalue weighted by Gasteiger charge is 2.20. The summed E-state index contributed by atoms with van der Waals surface area (Å²) < 4.78 is 5.51. The standard InChI is InChI=1S/C15H26O2.C3H4O2/c1-3-5-6-7-10-13(4-2)15(16)17-14-11-8-9-12-14;1-2-3(4)5/h10,14H,3-9,11-12H2,1-2H3;2H,1H2,(H,4,5). The number of allylic oxidation sites excluding steroid dienone is 1. The molecule has 1 saturated carbocycles. The van der Waals surface area contributed by atoms with Crippen LogP contribution in [0.5, 0.6) is 0 Å². The number of hydrogen-bond acceptors (Lipinski definition) is 3. The van der Waals surface area contributed by atoms with E-state index in [1.165, 1.54) is 32.1 Å². The fourth-order valence-corrected chi connectivity index (χ4v) is 2.28. The number of carbonyl (C=O) groups excluding carboxylic acids is 1. The average molecular weight is 310 g/mol. The Labute approximate surface area is 134 Å². The molecule has 0 amide bonds. The zero-order valence-corrected chi connectivity index (χ0v) is 14.0. The number of rotatable bonds is 8. The number of carboxylic acid groups (broad SMARTS) is 1. The van der Waals surface area contributed by atoms with Gasteiger partial charge in [0.25, 0.3) is 0 Å². The highest BCUT2D eigenvalue weighted by atomic mass is 16.5. The molecule has 0 aromatic rings. The Hall–Kier alpha value is -1.58. The molecular formula is C18H30O4. The van der Waals surface area contributed by atoms with Crippen LogP contribution in [0.4, 0.5) is 0 Å². The Bertz CT molecular complexity index is 365. The van der Waals surface area contributed by atoms with Crippen LogP contribution in [0.2, 0.25) is 0 Å². The molecule has 0 aliphatic heterocycles. The first-order valence-corrected chi connectivity index (χ1v) is 8.30. The number of carboxylic acids is 1. The van der Waals surface area contributed by atoms with E-state index in [0.717, 1.165) is 37.3 Å². The second kappa shape index (κ2) is 13.1. The molecule has 1 aliphatic carbocycles. The summed E-state index contributed by atoms with van der Waals surface area (Å²) in [7, 11) is 0. The van der Waals surface area contributed by atoms with Crippen molar-refractivity contribution in [3.8, 4) is 0 Å². The van der Waals surface area contributed by atoms with E-state index in [-0.39, 0.29) is 12.1 Å². The summed E-state index contributed by atoms with van der Waals surface area (Å²) in [5.41, 5.74) is 0.869. The van der Waals surface area contributed by atoms with Crippen molar-refractivity contribution in [2.24, 2.45) is 0 Å². The van der Waals surface area contributed by atoms with Gasteiger partial charge in [-0.25, -0.2) is 9.59 Å². The number of unbranched alkanes of at least 4 members (excludes halogenated alkanes) is 3. The lowest BCUT2D eigenvalue weighted by molar-refractivity contribution is -0.144. The van der Waals surface area contributed by atoms with Gasteiger partial charge in [0, 0.05) is 11.6 Å². The van der Waals surface area contributed by atoms with Crippen molar-refractivity contribution >= 4 is 11.9 Å². The van der Waals surface area contributed by atoms with Crippen LogP contribution in [0.1, 0.15) is 71.6 Å². The van der Waals surface area contributed by atoms with Crippen LogP contribution in [0.3, 0.4) is 0 Å². The van der Waals surface area contributed by atoms with Crippen LogP contribution in [0, 0.1) is 0 Å². The summed E-state index contributed by atoms with van der Waals surface area (Å²) in [6.07, 6.45) is 13.1. The molecule has 4 heteroatoms. The molecule has 0 aromatic carbocycles. The van der Waals surface area contributed by atoms with Crippen molar-refractivity contribution in [1.82, 2.24) is 0 Å². The molecule has 22 heavy (non-hydrogen) atoms. The average Bonchev–Trinajstić information content (AvgIpc) is 3.00. The van der Waals surface area contributed by atoms with E-state index in [9.17, 15) is 9.59 Å². The van der Waals surface area contributed by atoms with Gasteiger partial charge in [0.15, 0.2) is 0 Å². The summed E-state index contributed by atoms with van der Waals surface area (Å²) in [4.78, 5) is 21.2. The van der Waals surface area contributed by atoms with Crippen LogP contribution in [-0.4, -0.2) is 23.1 Å². The normalized spacial score (nSPS) is 14.9. The topological polar surface area (TPSA) is 63.6 Å². The maximum Gasteiger partial charge on any atom is 0.333 e. The van der Waals surface area contributed by atoms with Gasteiger partial charge in [-0.1, -0.05) is 39.3 Å². The first kappa shape index (κ1) is 20.4. The number of carbonyl (C=O) groups is 2. The minimum atomic E-state index is -0.981. The SMILES string of the molecule is C=CC(=O)O.CCCCCC=C(CC)C(=O)OC1CCCC1. The summed E-state index contributed by atoms with van der Waals surface area (Å²) in [6.45, 7) is 7.18. The van der Waals surface area contributed by atoms with Gasteiger partial charge < -0.3 is 9.84 Å². The third-order valence-corrected chi connectivity index (χ3v) is 3.59. The van der Waals surface area contributed by atoms with Gasteiger partial charge in [-0.3, -0.25) is 0 Å². The van der Waals surface area contributed by atoms with E-state index in [1.807, 2.05) is 6.92 Å². The van der Waals surface area contributed by atoms with Crippen molar-refractivity contribution in [1.29, 1.82) is 0 Å². The van der Waals surface area contributed by atoms with Gasteiger partial charge in [-0.2, -0.15) is 0 Å². The smallest absolute Gasteiger partial charge is 0.333 e. The molecule has 0 saturated heterocycles. The van der Waals surface area contributed by atoms with Crippen LogP contribution in [0.25, 0.3) is 0 Å². The molecule has 0 radical (unpaired) electrons. The third kappa shape index (κ3) is 10.2. The van der Waals surface area contributed by atoms with Gasteiger partial charge in [0.05, 0.1) is 0 Å². The number of hydrogen-bond donors (Lipinski definition) is 1. The Morgan fingerprint density at radius 1 is 1.23 bits per heavy atom. The summed E-state index contributed by atoms with van der Waals surface area (Å²) in [5, 5.41) is 7.60. The van der Waals surface area contributed by atoms with E-state index in [2.05, 4.69) is 19.6 Å². The van der Waals surface area contributed by atoms with Crippen LogP contribution >= 0.6 is 0 Å². The highest BCUT2D eigenvalue weighted by Crippen LogP contribution is 2.22. The summed E-state index contributed by atoms with van der Waals surface area (Å²) in [6, 6.07) is 0. The van der Waals surface area contributed by atoms with Crippen LogP contribution in [0.15, 0.2) is 24.3 Å². The molecule has 1 N–H and O–H groups in total. The Morgan fingerprint density at radius 3 is 2.27 bits per heavy atom. The molecule has 0 atom stereocenters. The fourth-order valence-electron chi connectivity index (χ4n) is 2.28. The molecule has 0 spiro atoms. The molecule has 1 fully saturated rings. The number of aliphatic carboxylic acids is 1. The molecule has 0 heterocycles. The quantitative estimate of drug-likeness (QED) is 0.403. The van der Waals surface area contributed by atoms with E-state index in [0.29, 0.717) is 0 Å². The maximum absolute atomic E-state index is 11.9. The monoisotopic (exact) mass is 310 g/mol. The van der Waals surface area contributed by atoms with E-state index >= 15 is 0 Å². The molecule has 4 nitrogen and oxygen atoms in total. The first-order chi connectivity index (χ1) is 10.5. The van der Waals surface area contributed by atoms with E-state index in [4.69, 9.17) is 9.84 Å². The van der Waals surface area contributed by atoms with Gasteiger partial charge in [-0.15, -0.1) is 0 Å². The molecule has 0 bridgehead atoms. The molecule has 1 rings (SSSR count). The molecular weight excluding hydrogens is 280 g/mol. The maximum atomic E-state index is 11.9. The van der Waals surface area contributed by atoms with Crippen molar-refractivity contribution in [2.45, 2.75) is 77.7 Å². The second-order valence-corrected chi connectivity index (χ2v) is 5.43. The minimum Gasteiger partial charge on any atom is -0.478 e. The van der Waals surface area contributed by atoms with Crippen molar-refractivity contribution in [3.63, 3.8) is 0 Å². The Kier molecular flexibility index (Phi) is 12.2. The predicted molar refractivity (Wildman–Crippen MR) is 88.7 cm³/mol. The predicted octanol–water partition coefficient (Wildman–Crippen LogP) is 4.65. The largest absolute Gasteiger partial charge is 0.478 e. The summed E-state index contributed by atoms with van der Waals surface area (Å²) in [5.74, 6) is -1.05. The Morgan fingerprint density at radius 2 is 1.82 bits per heavy atom. The van der Waals surface area contributed by atoms with Crippen molar-refractivity contribution in [3.05, 3.63) is 24.3 Å². The van der Waals surface area contributed by atoms with Crippen molar-refractivity contribution < 1.29 is 19.4 Å². The van der Waals surface area contributed by atoms with Gasteiger partial charge in [0.1, 0.15) is 6.10 Å². The summed E-state index contributed by atoms with van der Waals surface area (Å²) >= 11 is 0. The molecule has 0 aromatic heterocycles. The zero-order chi connectivity index (χ0) is 16.8. The lowest BCUT2D eigenvalue weighted by atomic mass is 10.1. The number of esters is 1. The highest BCUT2D eigenvalue weighted by molar-refractivity contribution is 5.88. The van der Waals surface area contributed by atoms with Gasteiger partial charge in [0.2, 0.25) is 0 Å². The molecule has 126 valence electrons. The zero-order valence-electron chi connectivity index (χ0n) is 14.0. The molecule has 0 unspecified atom stereocenters. The first-order valence-electron chi connectivity index (χ1n) is 8.30. The van der Waals surface area contributed by atoms with Crippen LogP contribution in [-0.2, 0) is 14.3 Å². The van der Waals surface area contributed by atoms with Gasteiger partial charge in [-0.05, 0) is 44.9 Å². The molecule has 1 aliphatic rings. The fraction of sp³-hybridized carbons (Fsp3) is 0.667. The minimum absolute atomic E-state index is 0.0732. The van der Waals surface area contributed by atoms with Crippen molar-refractivity contribution in [2.75, 3.05) is 0 Å². The lowest BCUT2D eigenvalue weighted by Gasteiger charge is -2.12. The van der Waals surface area contributed by atoms with E-state index in [1.54, 1.807) is 0 Å². The van der Waals surface area contributed by atoms with Gasteiger partial charge >= 0.3 is 11.9 Å². The van der Waals surface area contributed by atoms with E-state index < -0.39 is 5.97 Å². The third-order valence-electron chi connectivity index (χ3n) is 3.59.